The molecule has 0 spiro atoms. The van der Waals surface area contributed by atoms with Crippen LogP contribution in [0.25, 0.3) is 0 Å². The van der Waals surface area contributed by atoms with Crippen LogP contribution in [0.1, 0.15) is 41.2 Å². The molecule has 1 N–H and O–H groups in total. The first-order chi connectivity index (χ1) is 16.9. The van der Waals surface area contributed by atoms with E-state index >= 15 is 0 Å². The normalized spacial score (nSPS) is 11.5. The van der Waals surface area contributed by atoms with Crippen LogP contribution in [-0.4, -0.2) is 35.9 Å². The highest BCUT2D eigenvalue weighted by atomic mass is 16.5. The fraction of sp³-hybridized carbons (Fsp3) is 0.333. The molecular formula is C30H36N2O3. The topological polar surface area (TPSA) is 58.6 Å². The molecule has 0 fully saturated rings. The first-order valence-electron chi connectivity index (χ1n) is 12.2. The zero-order valence-corrected chi connectivity index (χ0v) is 21.2. The van der Waals surface area contributed by atoms with Crippen LogP contribution in [0.3, 0.4) is 0 Å². The molecular weight excluding hydrogens is 436 g/mol. The Labute approximate surface area is 209 Å². The molecule has 0 aliphatic carbocycles. The zero-order chi connectivity index (χ0) is 25.2. The number of nitrogens with zero attached hydrogens (tertiary/aromatic N) is 1. The summed E-state index contributed by atoms with van der Waals surface area (Å²) in [5, 5.41) is 3.00. The standard InChI is InChI=1S/C30H36N2O3/c1-5-18-31-30(34)27(19-25-11-7-6-8-12-25)32(20-26-16-14-22(2)15-17-26)29(33)21-35-28-13-9-10-23(3)24(28)4/h6-17,27H,5,18-21H2,1-4H3,(H,31,34)/t27-/m1/s1. The van der Waals surface area contributed by atoms with Crippen molar-refractivity contribution in [1.82, 2.24) is 10.2 Å². The summed E-state index contributed by atoms with van der Waals surface area (Å²) in [4.78, 5) is 28.6. The van der Waals surface area contributed by atoms with Crippen molar-refractivity contribution >= 4 is 11.8 Å². The highest BCUT2D eigenvalue weighted by molar-refractivity contribution is 5.88. The molecule has 184 valence electrons. The minimum absolute atomic E-state index is 0.136. The Morgan fingerprint density at radius 3 is 2.29 bits per heavy atom. The van der Waals surface area contributed by atoms with E-state index in [1.807, 2.05) is 100 Å². The molecule has 0 aliphatic heterocycles. The summed E-state index contributed by atoms with van der Waals surface area (Å²) in [6.45, 7) is 8.79. The van der Waals surface area contributed by atoms with Gasteiger partial charge in [-0.05, 0) is 55.5 Å². The third kappa shape index (κ3) is 7.44. The molecule has 35 heavy (non-hydrogen) atoms. The predicted molar refractivity (Wildman–Crippen MR) is 140 cm³/mol. The Morgan fingerprint density at radius 1 is 0.886 bits per heavy atom. The molecule has 3 rings (SSSR count). The molecule has 0 saturated carbocycles. The number of hydrogen-bond donors (Lipinski definition) is 1. The lowest BCUT2D eigenvalue weighted by atomic mass is 10.0. The summed E-state index contributed by atoms with van der Waals surface area (Å²) >= 11 is 0. The van der Waals surface area contributed by atoms with E-state index < -0.39 is 6.04 Å². The Hall–Kier alpha value is -3.60. The highest BCUT2D eigenvalue weighted by Gasteiger charge is 2.30. The van der Waals surface area contributed by atoms with Gasteiger partial charge in [0.2, 0.25) is 5.91 Å². The maximum absolute atomic E-state index is 13.6. The van der Waals surface area contributed by atoms with Crippen LogP contribution in [0.15, 0.2) is 72.8 Å². The van der Waals surface area contributed by atoms with Gasteiger partial charge in [-0.1, -0.05) is 79.2 Å². The number of carbonyl (C=O) groups excluding carboxylic acids is 2. The van der Waals surface area contributed by atoms with Crippen LogP contribution in [0.4, 0.5) is 0 Å². The molecule has 0 saturated heterocycles. The molecule has 0 radical (unpaired) electrons. The summed E-state index contributed by atoms with van der Waals surface area (Å²) in [5.74, 6) is 0.311. The fourth-order valence-corrected chi connectivity index (χ4v) is 3.91. The minimum atomic E-state index is -0.653. The van der Waals surface area contributed by atoms with Crippen LogP contribution in [-0.2, 0) is 22.6 Å². The minimum Gasteiger partial charge on any atom is -0.483 e. The maximum Gasteiger partial charge on any atom is 0.261 e. The van der Waals surface area contributed by atoms with Gasteiger partial charge in [-0.25, -0.2) is 0 Å². The SMILES string of the molecule is CCCNC(=O)[C@@H](Cc1ccccc1)N(Cc1ccc(C)cc1)C(=O)COc1cccc(C)c1C. The Balaban J connectivity index is 1.90. The average molecular weight is 473 g/mol. The van der Waals surface area contributed by atoms with Crippen LogP contribution >= 0.6 is 0 Å². The number of rotatable bonds is 11. The van der Waals surface area contributed by atoms with Crippen molar-refractivity contribution in [3.05, 3.63) is 101 Å². The summed E-state index contributed by atoms with van der Waals surface area (Å²) in [6.07, 6.45) is 1.25. The molecule has 1 atom stereocenters. The van der Waals surface area contributed by atoms with Gasteiger partial charge in [-0.3, -0.25) is 9.59 Å². The first-order valence-corrected chi connectivity index (χ1v) is 12.2. The third-order valence-corrected chi connectivity index (χ3v) is 6.20. The molecule has 0 bridgehead atoms. The summed E-state index contributed by atoms with van der Waals surface area (Å²) < 4.78 is 5.96. The molecule has 2 amide bonds. The molecule has 5 nitrogen and oxygen atoms in total. The van der Waals surface area contributed by atoms with E-state index in [2.05, 4.69) is 5.32 Å². The molecule has 5 heteroatoms. The van der Waals surface area contributed by atoms with E-state index in [1.54, 1.807) is 4.90 Å². The van der Waals surface area contributed by atoms with Crippen molar-refractivity contribution in [3.8, 4) is 5.75 Å². The molecule has 3 aromatic rings. The van der Waals surface area contributed by atoms with Gasteiger partial charge in [0.25, 0.3) is 5.91 Å². The molecule has 0 unspecified atom stereocenters. The van der Waals surface area contributed by atoms with Crippen molar-refractivity contribution in [3.63, 3.8) is 0 Å². The quantitative estimate of drug-likeness (QED) is 0.420. The number of nitrogens with one attached hydrogen (secondary N) is 1. The van der Waals surface area contributed by atoms with Gasteiger partial charge in [0.05, 0.1) is 0 Å². The van der Waals surface area contributed by atoms with E-state index in [9.17, 15) is 9.59 Å². The van der Waals surface area contributed by atoms with E-state index in [0.29, 0.717) is 25.3 Å². The molecule has 0 aromatic heterocycles. The summed E-state index contributed by atoms with van der Waals surface area (Å²) in [5.41, 5.74) is 5.23. The fourth-order valence-electron chi connectivity index (χ4n) is 3.91. The van der Waals surface area contributed by atoms with Crippen LogP contribution < -0.4 is 10.1 Å². The molecule has 0 aliphatic rings. The smallest absolute Gasteiger partial charge is 0.261 e. The highest BCUT2D eigenvalue weighted by Crippen LogP contribution is 2.21. The number of aryl methyl sites for hydroxylation is 2. The van der Waals surface area contributed by atoms with Crippen molar-refractivity contribution in [2.45, 2.75) is 53.1 Å². The van der Waals surface area contributed by atoms with E-state index in [0.717, 1.165) is 34.2 Å². The zero-order valence-electron chi connectivity index (χ0n) is 21.2. The number of hydrogen-bond acceptors (Lipinski definition) is 3. The van der Waals surface area contributed by atoms with Gasteiger partial charge in [0.15, 0.2) is 6.61 Å². The van der Waals surface area contributed by atoms with E-state index in [-0.39, 0.29) is 18.4 Å². The number of carbonyl (C=O) groups is 2. The van der Waals surface area contributed by atoms with Crippen molar-refractivity contribution in [2.24, 2.45) is 0 Å². The van der Waals surface area contributed by atoms with Crippen LogP contribution in [0, 0.1) is 20.8 Å². The monoisotopic (exact) mass is 472 g/mol. The Bertz CT molecular complexity index is 1110. The van der Waals surface area contributed by atoms with Gasteiger partial charge in [-0.2, -0.15) is 0 Å². The number of ether oxygens (including phenoxy) is 1. The van der Waals surface area contributed by atoms with E-state index in [1.165, 1.54) is 0 Å². The van der Waals surface area contributed by atoms with Crippen molar-refractivity contribution < 1.29 is 14.3 Å². The summed E-state index contributed by atoms with van der Waals surface area (Å²) in [7, 11) is 0. The van der Waals surface area contributed by atoms with Gasteiger partial charge in [0, 0.05) is 19.5 Å². The lowest BCUT2D eigenvalue weighted by Gasteiger charge is -2.31. The number of benzene rings is 3. The van der Waals surface area contributed by atoms with Crippen molar-refractivity contribution in [1.29, 1.82) is 0 Å². The number of amides is 2. The van der Waals surface area contributed by atoms with Gasteiger partial charge < -0.3 is 15.0 Å². The average Bonchev–Trinajstić information content (AvgIpc) is 2.87. The van der Waals surface area contributed by atoms with Gasteiger partial charge >= 0.3 is 0 Å². The second-order valence-electron chi connectivity index (χ2n) is 8.99. The maximum atomic E-state index is 13.6. The van der Waals surface area contributed by atoms with Crippen LogP contribution in [0.5, 0.6) is 5.75 Å². The Morgan fingerprint density at radius 2 is 1.60 bits per heavy atom. The predicted octanol–water partition coefficient (Wildman–Crippen LogP) is 5.16. The largest absolute Gasteiger partial charge is 0.483 e. The van der Waals surface area contributed by atoms with Crippen molar-refractivity contribution in [2.75, 3.05) is 13.2 Å². The second kappa shape index (κ2) is 12.7. The Kier molecular flexibility index (Phi) is 9.47. The second-order valence-corrected chi connectivity index (χ2v) is 8.99. The molecule has 3 aromatic carbocycles. The summed E-state index contributed by atoms with van der Waals surface area (Å²) in [6, 6.07) is 23.0. The third-order valence-electron chi connectivity index (χ3n) is 6.20. The van der Waals surface area contributed by atoms with E-state index in [4.69, 9.17) is 4.74 Å². The molecule has 0 heterocycles. The van der Waals surface area contributed by atoms with Gasteiger partial charge in [0.1, 0.15) is 11.8 Å². The first kappa shape index (κ1) is 26.0. The van der Waals surface area contributed by atoms with Gasteiger partial charge in [-0.15, -0.1) is 0 Å². The lowest BCUT2D eigenvalue weighted by Crippen LogP contribution is -2.51. The lowest BCUT2D eigenvalue weighted by molar-refractivity contribution is -0.142. The van der Waals surface area contributed by atoms with Crippen LogP contribution in [0.2, 0.25) is 0 Å².